The number of anilines is 1. The van der Waals surface area contributed by atoms with Gasteiger partial charge in [-0.1, -0.05) is 0 Å². The molecule has 0 unspecified atom stereocenters. The molecule has 2 aromatic rings. The summed E-state index contributed by atoms with van der Waals surface area (Å²) in [5.74, 6) is -0.144. The summed E-state index contributed by atoms with van der Waals surface area (Å²) in [4.78, 5) is 48.6. The van der Waals surface area contributed by atoms with Gasteiger partial charge in [0, 0.05) is 43.3 Å². The minimum absolute atomic E-state index is 0.0171. The molecule has 3 rings (SSSR count). The molecule has 0 aliphatic carbocycles. The first-order valence-corrected chi connectivity index (χ1v) is 9.37. The lowest BCUT2D eigenvalue weighted by Gasteiger charge is -2.44. The molecule has 2 aromatic heterocycles. The van der Waals surface area contributed by atoms with E-state index in [0.717, 1.165) is 9.13 Å². The van der Waals surface area contributed by atoms with Crippen LogP contribution in [0.5, 0.6) is 0 Å². The first-order valence-electron chi connectivity index (χ1n) is 10.9. The fraction of sp³-hybridized carbons (Fsp3) is 0.632. The van der Waals surface area contributed by atoms with Gasteiger partial charge in [-0.05, 0) is 34.6 Å². The van der Waals surface area contributed by atoms with Crippen LogP contribution in [0.15, 0.2) is 4.79 Å². The SMILES string of the molecule is [2H]C([2H])([2H])n1c(C=O)nc2c(N3C[C@@H](C)N(C(=O)OC(C)(C)C)C[C@@H]3C)nc(=O)n(C)c21. The first kappa shape index (κ1) is 17.0. The average Bonchev–Trinajstić information content (AvgIpc) is 3.05. The van der Waals surface area contributed by atoms with E-state index in [1.54, 1.807) is 30.6 Å². The monoisotopic (exact) mass is 407 g/mol. The smallest absolute Gasteiger partial charge is 0.410 e. The third kappa shape index (κ3) is 3.70. The van der Waals surface area contributed by atoms with Gasteiger partial charge in [-0.2, -0.15) is 4.98 Å². The second kappa shape index (κ2) is 7.16. The topological polar surface area (TPSA) is 103 Å². The minimum Gasteiger partial charge on any atom is -0.444 e. The normalized spacial score (nSPS) is 22.2. The summed E-state index contributed by atoms with van der Waals surface area (Å²) in [6.45, 7) is 6.98. The van der Waals surface area contributed by atoms with Gasteiger partial charge in [-0.15, -0.1) is 0 Å². The van der Waals surface area contributed by atoms with Crippen molar-refractivity contribution in [2.75, 3.05) is 18.0 Å². The zero-order chi connectivity index (χ0) is 24.2. The molecule has 0 spiro atoms. The molecule has 158 valence electrons. The summed E-state index contributed by atoms with van der Waals surface area (Å²) in [5, 5.41) is 0. The predicted molar refractivity (Wildman–Crippen MR) is 108 cm³/mol. The van der Waals surface area contributed by atoms with Crippen molar-refractivity contribution >= 4 is 29.4 Å². The highest BCUT2D eigenvalue weighted by molar-refractivity contribution is 5.88. The molecule has 0 saturated carbocycles. The van der Waals surface area contributed by atoms with Crippen molar-refractivity contribution in [1.29, 1.82) is 0 Å². The van der Waals surface area contributed by atoms with Crippen LogP contribution in [0.3, 0.4) is 0 Å². The molecule has 0 bridgehead atoms. The van der Waals surface area contributed by atoms with Gasteiger partial charge in [0.15, 0.2) is 17.9 Å². The van der Waals surface area contributed by atoms with E-state index >= 15 is 0 Å². The van der Waals surface area contributed by atoms with Crippen molar-refractivity contribution in [2.45, 2.75) is 52.3 Å². The van der Waals surface area contributed by atoms with Crippen molar-refractivity contribution in [3.05, 3.63) is 16.3 Å². The molecule has 1 aliphatic heterocycles. The number of piperazine rings is 1. The summed E-state index contributed by atoms with van der Waals surface area (Å²) < 4.78 is 30.7. The molecule has 0 N–H and O–H groups in total. The highest BCUT2D eigenvalue weighted by atomic mass is 16.6. The van der Waals surface area contributed by atoms with Crippen LogP contribution >= 0.6 is 0 Å². The van der Waals surface area contributed by atoms with E-state index in [4.69, 9.17) is 8.85 Å². The summed E-state index contributed by atoms with van der Waals surface area (Å²) in [6, 6.07) is -0.559. The Morgan fingerprint density at radius 2 is 1.90 bits per heavy atom. The summed E-state index contributed by atoms with van der Waals surface area (Å²) in [6.07, 6.45) is -0.0962. The molecule has 2 atom stereocenters. The maximum absolute atomic E-state index is 12.6. The number of imidazole rings is 1. The van der Waals surface area contributed by atoms with E-state index in [0.29, 0.717) is 19.4 Å². The molecular weight excluding hydrogens is 376 g/mol. The van der Waals surface area contributed by atoms with E-state index in [1.165, 1.54) is 7.05 Å². The van der Waals surface area contributed by atoms with Crippen LogP contribution in [0, 0.1) is 0 Å². The van der Waals surface area contributed by atoms with Crippen LogP contribution in [0.4, 0.5) is 10.6 Å². The molecule has 0 radical (unpaired) electrons. The number of ether oxygens (including phenoxy) is 1. The molecule has 1 saturated heterocycles. The van der Waals surface area contributed by atoms with Gasteiger partial charge in [-0.25, -0.2) is 14.6 Å². The van der Waals surface area contributed by atoms with Gasteiger partial charge in [0.2, 0.25) is 0 Å². The van der Waals surface area contributed by atoms with Gasteiger partial charge in [-0.3, -0.25) is 9.36 Å². The van der Waals surface area contributed by atoms with Crippen molar-refractivity contribution in [2.24, 2.45) is 14.0 Å². The lowest BCUT2D eigenvalue weighted by Crippen LogP contribution is -2.59. The number of carbonyl (C=O) groups excluding carboxylic acids is 2. The van der Waals surface area contributed by atoms with Gasteiger partial charge < -0.3 is 19.1 Å². The highest BCUT2D eigenvalue weighted by Gasteiger charge is 2.36. The fourth-order valence-corrected chi connectivity index (χ4v) is 3.47. The Kier molecular flexibility index (Phi) is 4.20. The van der Waals surface area contributed by atoms with Crippen LogP contribution < -0.4 is 10.6 Å². The molecular formula is C19H28N6O4. The average molecular weight is 407 g/mol. The van der Waals surface area contributed by atoms with E-state index in [-0.39, 0.29) is 34.9 Å². The van der Waals surface area contributed by atoms with Gasteiger partial charge in [0.25, 0.3) is 0 Å². The first-order chi connectivity index (χ1) is 14.7. The van der Waals surface area contributed by atoms with E-state index < -0.39 is 24.4 Å². The summed E-state index contributed by atoms with van der Waals surface area (Å²) in [5.41, 5.74) is -1.19. The van der Waals surface area contributed by atoms with Crippen LogP contribution in [0.2, 0.25) is 0 Å². The van der Waals surface area contributed by atoms with E-state index in [9.17, 15) is 14.4 Å². The lowest BCUT2D eigenvalue weighted by molar-refractivity contribution is 0.0130. The Hall–Kier alpha value is -2.91. The molecule has 10 nitrogen and oxygen atoms in total. The largest absolute Gasteiger partial charge is 0.444 e. The lowest BCUT2D eigenvalue weighted by atomic mass is 10.1. The second-order valence-electron chi connectivity index (χ2n) is 8.36. The number of hydrogen-bond acceptors (Lipinski definition) is 7. The Morgan fingerprint density at radius 3 is 2.48 bits per heavy atom. The number of hydrogen-bond donors (Lipinski definition) is 0. The zero-order valence-electron chi connectivity index (χ0n) is 20.5. The molecule has 0 aromatic carbocycles. The predicted octanol–water partition coefficient (Wildman–Crippen LogP) is 1.31. The number of aldehydes is 1. The van der Waals surface area contributed by atoms with Crippen molar-refractivity contribution in [1.82, 2.24) is 24.0 Å². The Morgan fingerprint density at radius 1 is 1.21 bits per heavy atom. The number of nitrogens with zero attached hydrogens (tertiary/aromatic N) is 6. The van der Waals surface area contributed by atoms with Crippen molar-refractivity contribution in [3.63, 3.8) is 0 Å². The van der Waals surface area contributed by atoms with Crippen LogP contribution in [0.25, 0.3) is 11.2 Å². The van der Waals surface area contributed by atoms with Crippen molar-refractivity contribution in [3.8, 4) is 0 Å². The molecule has 10 heteroatoms. The molecule has 3 heterocycles. The van der Waals surface area contributed by atoms with Crippen LogP contribution in [-0.4, -0.2) is 67.2 Å². The Balaban J connectivity index is 2.09. The minimum atomic E-state index is -2.72. The standard InChI is InChI=1S/C19H28N6O4/c1-11-9-25(18(28)29-19(3,4)5)12(2)8-24(11)15-14-16(23(7)17(27)21-15)22(6)13(10-26)20-14/h10-12H,8-9H2,1-7H3/t11-,12+/m0/s1/i6D3. The van der Waals surface area contributed by atoms with Gasteiger partial charge in [0.1, 0.15) is 16.8 Å². The number of aryl methyl sites for hydroxylation is 2. The quantitative estimate of drug-likeness (QED) is 0.692. The molecule has 1 fully saturated rings. The maximum atomic E-state index is 12.6. The third-order valence-electron chi connectivity index (χ3n) is 4.89. The molecule has 29 heavy (non-hydrogen) atoms. The third-order valence-corrected chi connectivity index (χ3v) is 4.89. The van der Waals surface area contributed by atoms with E-state index in [1.807, 2.05) is 13.8 Å². The van der Waals surface area contributed by atoms with Gasteiger partial charge >= 0.3 is 11.8 Å². The number of amides is 1. The Labute approximate surface area is 173 Å². The van der Waals surface area contributed by atoms with E-state index in [2.05, 4.69) is 9.97 Å². The van der Waals surface area contributed by atoms with Gasteiger partial charge in [0.05, 0.1) is 0 Å². The van der Waals surface area contributed by atoms with Crippen LogP contribution in [0.1, 0.15) is 49.3 Å². The summed E-state index contributed by atoms with van der Waals surface area (Å²) in [7, 11) is 1.38. The van der Waals surface area contributed by atoms with Crippen LogP contribution in [-0.2, 0) is 18.8 Å². The molecule has 1 aliphatic rings. The zero-order valence-corrected chi connectivity index (χ0v) is 17.5. The Bertz CT molecular complexity index is 1120. The number of fused-ring (bicyclic) bond motifs is 1. The molecule has 1 amide bonds. The number of rotatable bonds is 2. The van der Waals surface area contributed by atoms with Crippen molar-refractivity contribution < 1.29 is 18.4 Å². The maximum Gasteiger partial charge on any atom is 0.410 e. The highest BCUT2D eigenvalue weighted by Crippen LogP contribution is 2.28. The number of carbonyl (C=O) groups is 2. The fourth-order valence-electron chi connectivity index (χ4n) is 3.47. The second-order valence-corrected chi connectivity index (χ2v) is 8.36. The number of aromatic nitrogens is 4. The summed E-state index contributed by atoms with van der Waals surface area (Å²) >= 11 is 0.